The molecule has 0 aliphatic heterocycles. The van der Waals surface area contributed by atoms with Gasteiger partial charge in [0.05, 0.1) is 6.61 Å². The summed E-state index contributed by atoms with van der Waals surface area (Å²) in [6, 6.07) is 4.41. The average Bonchev–Trinajstić information content (AvgIpc) is 2.68. The molecule has 96 valence electrons. The Morgan fingerprint density at radius 2 is 2.11 bits per heavy atom. The van der Waals surface area contributed by atoms with E-state index in [1.54, 1.807) is 13.0 Å². The molecule has 1 aromatic carbocycles. The summed E-state index contributed by atoms with van der Waals surface area (Å²) in [5.41, 5.74) is 1.25. The Hall–Kier alpha value is -1.84. The van der Waals surface area contributed by atoms with E-state index in [1.165, 1.54) is 12.1 Å². The van der Waals surface area contributed by atoms with Gasteiger partial charge in [-0.15, -0.1) is 0 Å². The lowest BCUT2D eigenvalue weighted by atomic mass is 10.1. The van der Waals surface area contributed by atoms with Crippen molar-refractivity contribution in [3.63, 3.8) is 0 Å². The van der Waals surface area contributed by atoms with Crippen LogP contribution in [0.3, 0.4) is 0 Å². The molecule has 0 aliphatic carbocycles. The number of esters is 1. The second-order valence-electron chi connectivity index (χ2n) is 4.48. The number of hydrogen-bond acceptors (Lipinski definition) is 2. The lowest BCUT2D eigenvalue weighted by molar-refractivity contribution is 0.0522. The van der Waals surface area contributed by atoms with Crippen LogP contribution in [-0.4, -0.2) is 17.6 Å². The van der Waals surface area contributed by atoms with Gasteiger partial charge in [0.15, 0.2) is 0 Å². The molecule has 0 fully saturated rings. The SMILES string of the molecule is CCOC(=O)c1[nH]c(C(C)C)c2cc(F)ccc12. The lowest BCUT2D eigenvalue weighted by Gasteiger charge is -2.02. The molecular weight excluding hydrogens is 233 g/mol. The van der Waals surface area contributed by atoms with Crippen LogP contribution in [0.2, 0.25) is 0 Å². The third-order valence-corrected chi connectivity index (χ3v) is 2.86. The van der Waals surface area contributed by atoms with E-state index in [0.29, 0.717) is 17.7 Å². The number of benzene rings is 1. The smallest absolute Gasteiger partial charge is 0.355 e. The van der Waals surface area contributed by atoms with Gasteiger partial charge in [0.1, 0.15) is 11.5 Å². The summed E-state index contributed by atoms with van der Waals surface area (Å²) in [5.74, 6) is -0.530. The monoisotopic (exact) mass is 249 g/mol. The number of carbonyl (C=O) groups excluding carboxylic acids is 1. The van der Waals surface area contributed by atoms with Crippen molar-refractivity contribution in [1.82, 2.24) is 4.98 Å². The molecular formula is C14H16FNO2. The Bertz CT molecular complexity index is 587. The molecule has 2 rings (SSSR count). The molecule has 0 saturated carbocycles. The number of rotatable bonds is 3. The van der Waals surface area contributed by atoms with Crippen molar-refractivity contribution in [2.24, 2.45) is 0 Å². The maximum atomic E-state index is 13.3. The zero-order valence-corrected chi connectivity index (χ0v) is 10.7. The van der Waals surface area contributed by atoms with E-state index >= 15 is 0 Å². The van der Waals surface area contributed by atoms with Crippen molar-refractivity contribution in [1.29, 1.82) is 0 Å². The van der Waals surface area contributed by atoms with Gasteiger partial charge >= 0.3 is 5.97 Å². The van der Waals surface area contributed by atoms with E-state index in [-0.39, 0.29) is 11.7 Å². The molecule has 0 saturated heterocycles. The van der Waals surface area contributed by atoms with Crippen LogP contribution >= 0.6 is 0 Å². The predicted molar refractivity (Wildman–Crippen MR) is 68.3 cm³/mol. The first-order valence-electron chi connectivity index (χ1n) is 6.02. The highest BCUT2D eigenvalue weighted by Crippen LogP contribution is 2.29. The first-order valence-corrected chi connectivity index (χ1v) is 6.02. The Labute approximate surface area is 105 Å². The number of hydrogen-bond donors (Lipinski definition) is 1. The molecule has 3 nitrogen and oxygen atoms in total. The number of nitrogens with one attached hydrogen (secondary N) is 1. The summed E-state index contributed by atoms with van der Waals surface area (Å²) >= 11 is 0. The molecule has 1 N–H and O–H groups in total. The summed E-state index contributed by atoms with van der Waals surface area (Å²) in [5, 5.41) is 1.45. The van der Waals surface area contributed by atoms with Crippen molar-refractivity contribution >= 4 is 16.7 Å². The van der Waals surface area contributed by atoms with Crippen molar-refractivity contribution in [3.8, 4) is 0 Å². The molecule has 1 aromatic heterocycles. The van der Waals surface area contributed by atoms with Gasteiger partial charge in [0.25, 0.3) is 0 Å². The van der Waals surface area contributed by atoms with E-state index in [4.69, 9.17) is 4.74 Å². The highest BCUT2D eigenvalue weighted by atomic mass is 19.1. The highest BCUT2D eigenvalue weighted by molar-refractivity contribution is 6.04. The Morgan fingerprint density at radius 3 is 2.72 bits per heavy atom. The largest absolute Gasteiger partial charge is 0.461 e. The Morgan fingerprint density at radius 1 is 1.39 bits per heavy atom. The van der Waals surface area contributed by atoms with Crippen LogP contribution in [0.25, 0.3) is 10.8 Å². The van der Waals surface area contributed by atoms with Crippen LogP contribution < -0.4 is 0 Å². The topological polar surface area (TPSA) is 42.1 Å². The van der Waals surface area contributed by atoms with Crippen LogP contribution in [0, 0.1) is 5.82 Å². The molecule has 0 amide bonds. The summed E-state index contributed by atoms with van der Waals surface area (Å²) < 4.78 is 18.3. The van der Waals surface area contributed by atoms with Gasteiger partial charge in [0, 0.05) is 16.5 Å². The number of ether oxygens (including phenoxy) is 1. The second kappa shape index (κ2) is 4.80. The molecule has 0 aliphatic rings. The highest BCUT2D eigenvalue weighted by Gasteiger charge is 2.19. The summed E-state index contributed by atoms with van der Waals surface area (Å²) in [4.78, 5) is 14.9. The molecule has 0 unspecified atom stereocenters. The standard InChI is InChI=1S/C14H16FNO2/c1-4-18-14(17)13-10-6-5-9(15)7-11(10)12(16-13)8(2)3/h5-8,16H,4H2,1-3H3. The predicted octanol–water partition coefficient (Wildman–Crippen LogP) is 3.61. The van der Waals surface area contributed by atoms with Gasteiger partial charge in [0.2, 0.25) is 0 Å². The fraction of sp³-hybridized carbons (Fsp3) is 0.357. The lowest BCUT2D eigenvalue weighted by Crippen LogP contribution is -2.05. The van der Waals surface area contributed by atoms with Crippen LogP contribution in [0.1, 0.15) is 42.9 Å². The molecule has 4 heteroatoms. The van der Waals surface area contributed by atoms with Gasteiger partial charge < -0.3 is 9.72 Å². The van der Waals surface area contributed by atoms with Crippen molar-refractivity contribution < 1.29 is 13.9 Å². The fourth-order valence-corrected chi connectivity index (χ4v) is 2.05. The number of aromatic amines is 1. The molecule has 1 heterocycles. The van der Waals surface area contributed by atoms with Gasteiger partial charge in [-0.1, -0.05) is 13.8 Å². The third kappa shape index (κ3) is 2.10. The Kier molecular flexibility index (Phi) is 3.36. The molecule has 0 radical (unpaired) electrons. The Balaban J connectivity index is 2.64. The minimum absolute atomic E-state index is 0.178. The number of halogens is 1. The van der Waals surface area contributed by atoms with Crippen LogP contribution in [0.5, 0.6) is 0 Å². The minimum atomic E-state index is -0.402. The molecule has 0 bridgehead atoms. The normalized spacial score (nSPS) is 11.2. The first kappa shape index (κ1) is 12.6. The average molecular weight is 249 g/mol. The van der Waals surface area contributed by atoms with Gasteiger partial charge in [-0.05, 0) is 31.0 Å². The van der Waals surface area contributed by atoms with E-state index < -0.39 is 5.97 Å². The summed E-state index contributed by atoms with van der Waals surface area (Å²) in [6.45, 7) is 6.06. The second-order valence-corrected chi connectivity index (χ2v) is 4.48. The van der Waals surface area contributed by atoms with E-state index in [0.717, 1.165) is 11.1 Å². The van der Waals surface area contributed by atoms with Gasteiger partial charge in [-0.2, -0.15) is 0 Å². The molecule has 2 aromatic rings. The maximum Gasteiger partial charge on any atom is 0.355 e. The van der Waals surface area contributed by atoms with Crippen molar-refractivity contribution in [3.05, 3.63) is 35.4 Å². The number of aromatic nitrogens is 1. The maximum absolute atomic E-state index is 13.3. The van der Waals surface area contributed by atoms with Gasteiger partial charge in [-0.3, -0.25) is 0 Å². The summed E-state index contributed by atoms with van der Waals surface area (Å²) in [6.07, 6.45) is 0. The number of fused-ring (bicyclic) bond motifs is 1. The zero-order valence-electron chi connectivity index (χ0n) is 10.7. The van der Waals surface area contributed by atoms with E-state index in [1.807, 2.05) is 13.8 Å². The third-order valence-electron chi connectivity index (χ3n) is 2.86. The summed E-state index contributed by atoms with van der Waals surface area (Å²) in [7, 11) is 0. The van der Waals surface area contributed by atoms with Crippen molar-refractivity contribution in [2.45, 2.75) is 26.7 Å². The van der Waals surface area contributed by atoms with Crippen LogP contribution in [-0.2, 0) is 4.74 Å². The van der Waals surface area contributed by atoms with Gasteiger partial charge in [-0.25, -0.2) is 9.18 Å². The van der Waals surface area contributed by atoms with E-state index in [9.17, 15) is 9.18 Å². The first-order chi connectivity index (χ1) is 8.54. The number of H-pyrrole nitrogens is 1. The van der Waals surface area contributed by atoms with Crippen LogP contribution in [0.15, 0.2) is 18.2 Å². The van der Waals surface area contributed by atoms with Crippen LogP contribution in [0.4, 0.5) is 4.39 Å². The van der Waals surface area contributed by atoms with Crippen molar-refractivity contribution in [2.75, 3.05) is 6.61 Å². The number of carbonyl (C=O) groups is 1. The minimum Gasteiger partial charge on any atom is -0.461 e. The quantitative estimate of drug-likeness (QED) is 0.844. The fourth-order valence-electron chi connectivity index (χ4n) is 2.05. The molecule has 0 atom stereocenters. The zero-order chi connectivity index (χ0) is 13.3. The molecule has 0 spiro atoms. The molecule has 18 heavy (non-hydrogen) atoms. The van der Waals surface area contributed by atoms with E-state index in [2.05, 4.69) is 4.98 Å².